The predicted octanol–water partition coefficient (Wildman–Crippen LogP) is 0.298. The van der Waals surface area contributed by atoms with Crippen molar-refractivity contribution >= 4 is 23.2 Å². The predicted molar refractivity (Wildman–Crippen MR) is 70.7 cm³/mol. The van der Waals surface area contributed by atoms with Gasteiger partial charge in [0.05, 0.1) is 5.56 Å². The van der Waals surface area contributed by atoms with Gasteiger partial charge in [-0.3, -0.25) is 9.59 Å². The van der Waals surface area contributed by atoms with Crippen LogP contribution in [0.4, 0.5) is 0 Å². The molecule has 1 aromatic heterocycles. The third-order valence-electron chi connectivity index (χ3n) is 2.93. The summed E-state index contributed by atoms with van der Waals surface area (Å²) in [5.74, 6) is -0.151. The van der Waals surface area contributed by atoms with Gasteiger partial charge in [-0.1, -0.05) is 0 Å². The Bertz CT molecular complexity index is 419. The van der Waals surface area contributed by atoms with Crippen LogP contribution in [0.15, 0.2) is 16.8 Å². The maximum atomic E-state index is 12.3. The molecule has 0 saturated carbocycles. The highest BCUT2D eigenvalue weighted by Crippen LogP contribution is 2.13. The maximum absolute atomic E-state index is 12.3. The second-order valence-electron chi connectivity index (χ2n) is 4.13. The molecule has 0 aliphatic carbocycles. The Morgan fingerprint density at radius 3 is 3.11 bits per heavy atom. The Morgan fingerprint density at radius 2 is 2.44 bits per heavy atom. The summed E-state index contributed by atoms with van der Waals surface area (Å²) in [5.41, 5.74) is 0.663. The van der Waals surface area contributed by atoms with Crippen molar-refractivity contribution in [2.24, 2.45) is 0 Å². The monoisotopic (exact) mass is 267 g/mol. The number of carbonyl (C=O) groups is 2. The average molecular weight is 267 g/mol. The number of rotatable bonds is 3. The number of nitrogens with one attached hydrogen (secondary N) is 2. The van der Waals surface area contributed by atoms with Crippen molar-refractivity contribution < 1.29 is 9.59 Å². The lowest BCUT2D eigenvalue weighted by Crippen LogP contribution is -2.59. The van der Waals surface area contributed by atoms with Crippen molar-refractivity contribution in [3.8, 4) is 0 Å². The zero-order valence-electron chi connectivity index (χ0n) is 10.3. The van der Waals surface area contributed by atoms with Crippen molar-refractivity contribution in [1.29, 1.82) is 0 Å². The van der Waals surface area contributed by atoms with E-state index in [0.29, 0.717) is 25.2 Å². The molecule has 1 atom stereocenters. The van der Waals surface area contributed by atoms with E-state index in [0.717, 1.165) is 6.54 Å². The quantitative estimate of drug-likeness (QED) is 0.828. The van der Waals surface area contributed by atoms with Gasteiger partial charge in [0, 0.05) is 31.6 Å². The summed E-state index contributed by atoms with van der Waals surface area (Å²) in [6.07, 6.45) is 0. The van der Waals surface area contributed by atoms with E-state index in [-0.39, 0.29) is 11.8 Å². The summed E-state index contributed by atoms with van der Waals surface area (Å²) in [7, 11) is 0. The molecule has 1 unspecified atom stereocenters. The fourth-order valence-corrected chi connectivity index (χ4v) is 2.66. The second kappa shape index (κ2) is 5.97. The Morgan fingerprint density at radius 1 is 1.61 bits per heavy atom. The molecule has 0 radical (unpaired) electrons. The minimum atomic E-state index is -0.411. The Labute approximate surface area is 110 Å². The molecule has 0 bridgehead atoms. The van der Waals surface area contributed by atoms with E-state index < -0.39 is 6.04 Å². The third kappa shape index (κ3) is 2.70. The number of hydrogen-bond acceptors (Lipinski definition) is 4. The van der Waals surface area contributed by atoms with E-state index in [1.54, 1.807) is 11.0 Å². The molecule has 1 aromatic rings. The number of likely N-dealkylation sites (N-methyl/N-ethyl adjacent to an activating group) is 1. The fraction of sp³-hybridized carbons (Fsp3) is 0.500. The molecular formula is C12H17N3O2S. The Hall–Kier alpha value is -1.40. The van der Waals surface area contributed by atoms with Crippen LogP contribution >= 0.6 is 11.3 Å². The summed E-state index contributed by atoms with van der Waals surface area (Å²) >= 11 is 1.49. The summed E-state index contributed by atoms with van der Waals surface area (Å²) in [5, 5.41) is 9.62. The summed E-state index contributed by atoms with van der Waals surface area (Å²) in [4.78, 5) is 25.9. The zero-order chi connectivity index (χ0) is 13.0. The van der Waals surface area contributed by atoms with Gasteiger partial charge in [0.25, 0.3) is 5.91 Å². The molecule has 5 nitrogen and oxygen atoms in total. The first-order chi connectivity index (χ1) is 8.74. The van der Waals surface area contributed by atoms with Crippen LogP contribution < -0.4 is 10.6 Å². The highest BCUT2D eigenvalue weighted by Gasteiger charge is 2.32. The van der Waals surface area contributed by atoms with Gasteiger partial charge >= 0.3 is 0 Å². The lowest BCUT2D eigenvalue weighted by molar-refractivity contribution is -0.126. The normalized spacial score (nSPS) is 19.6. The molecule has 2 N–H and O–H groups in total. The first-order valence-electron chi connectivity index (χ1n) is 6.05. The van der Waals surface area contributed by atoms with E-state index in [1.807, 2.05) is 17.7 Å². The Balaban J connectivity index is 2.12. The minimum Gasteiger partial charge on any atom is -0.355 e. The lowest BCUT2D eigenvalue weighted by atomic mass is 10.1. The van der Waals surface area contributed by atoms with Gasteiger partial charge in [-0.05, 0) is 18.4 Å². The third-order valence-corrected chi connectivity index (χ3v) is 3.61. The van der Waals surface area contributed by atoms with Crippen molar-refractivity contribution in [2.45, 2.75) is 13.0 Å². The van der Waals surface area contributed by atoms with Crippen LogP contribution in [0.5, 0.6) is 0 Å². The number of nitrogens with zero attached hydrogens (tertiary/aromatic N) is 1. The second-order valence-corrected chi connectivity index (χ2v) is 4.91. The standard InChI is InChI=1S/C12H17N3O2S/c1-2-14-11(16)10-7-13-4-5-15(10)12(17)9-3-6-18-8-9/h3,6,8,10,13H,2,4-5,7H2,1H3,(H,14,16). The molecular weight excluding hydrogens is 250 g/mol. The molecule has 0 aromatic carbocycles. The summed E-state index contributed by atoms with van der Waals surface area (Å²) < 4.78 is 0. The molecule has 2 amide bonds. The van der Waals surface area contributed by atoms with Gasteiger partial charge in [-0.15, -0.1) is 0 Å². The van der Waals surface area contributed by atoms with E-state index >= 15 is 0 Å². The molecule has 0 spiro atoms. The van der Waals surface area contributed by atoms with Gasteiger partial charge in [-0.2, -0.15) is 11.3 Å². The number of piperazine rings is 1. The van der Waals surface area contributed by atoms with Crippen molar-refractivity contribution in [2.75, 3.05) is 26.2 Å². The van der Waals surface area contributed by atoms with E-state index in [1.165, 1.54) is 11.3 Å². The van der Waals surface area contributed by atoms with Crippen molar-refractivity contribution in [1.82, 2.24) is 15.5 Å². The minimum absolute atomic E-state index is 0.0611. The van der Waals surface area contributed by atoms with Crippen LogP contribution in [0.25, 0.3) is 0 Å². The lowest BCUT2D eigenvalue weighted by Gasteiger charge is -2.35. The first-order valence-corrected chi connectivity index (χ1v) is 7.00. The van der Waals surface area contributed by atoms with Gasteiger partial charge in [-0.25, -0.2) is 0 Å². The highest BCUT2D eigenvalue weighted by atomic mass is 32.1. The molecule has 18 heavy (non-hydrogen) atoms. The molecule has 1 aliphatic heterocycles. The molecule has 6 heteroatoms. The molecule has 2 heterocycles. The number of amides is 2. The largest absolute Gasteiger partial charge is 0.355 e. The molecule has 1 aliphatic rings. The van der Waals surface area contributed by atoms with Gasteiger partial charge in [0.2, 0.25) is 5.91 Å². The fourth-order valence-electron chi connectivity index (χ4n) is 2.03. The molecule has 1 fully saturated rings. The Kier molecular flexibility index (Phi) is 4.33. The van der Waals surface area contributed by atoms with Crippen LogP contribution in [0.2, 0.25) is 0 Å². The smallest absolute Gasteiger partial charge is 0.255 e. The molecule has 2 rings (SSSR count). The molecule has 1 saturated heterocycles. The van der Waals surface area contributed by atoms with Gasteiger partial charge in [0.15, 0.2) is 0 Å². The number of thiophene rings is 1. The SMILES string of the molecule is CCNC(=O)C1CNCCN1C(=O)c1ccsc1. The van der Waals surface area contributed by atoms with E-state index in [2.05, 4.69) is 10.6 Å². The van der Waals surface area contributed by atoms with Crippen molar-refractivity contribution in [3.63, 3.8) is 0 Å². The van der Waals surface area contributed by atoms with E-state index in [4.69, 9.17) is 0 Å². The van der Waals surface area contributed by atoms with E-state index in [9.17, 15) is 9.59 Å². The van der Waals surface area contributed by atoms with Crippen LogP contribution in [0.3, 0.4) is 0 Å². The topological polar surface area (TPSA) is 61.4 Å². The van der Waals surface area contributed by atoms with Crippen LogP contribution in [0, 0.1) is 0 Å². The average Bonchev–Trinajstić information content (AvgIpc) is 2.92. The van der Waals surface area contributed by atoms with Crippen LogP contribution in [0.1, 0.15) is 17.3 Å². The maximum Gasteiger partial charge on any atom is 0.255 e. The summed E-state index contributed by atoms with van der Waals surface area (Å²) in [6.45, 7) is 4.26. The van der Waals surface area contributed by atoms with Crippen LogP contribution in [-0.4, -0.2) is 48.9 Å². The summed E-state index contributed by atoms with van der Waals surface area (Å²) in [6, 6.07) is 1.38. The number of hydrogen-bond donors (Lipinski definition) is 2. The van der Waals surface area contributed by atoms with Gasteiger partial charge in [0.1, 0.15) is 6.04 Å². The number of carbonyl (C=O) groups excluding carboxylic acids is 2. The molecule has 98 valence electrons. The van der Waals surface area contributed by atoms with Gasteiger partial charge < -0.3 is 15.5 Å². The highest BCUT2D eigenvalue weighted by molar-refractivity contribution is 7.08. The van der Waals surface area contributed by atoms with Crippen molar-refractivity contribution in [3.05, 3.63) is 22.4 Å². The zero-order valence-corrected chi connectivity index (χ0v) is 11.1. The first kappa shape index (κ1) is 13.0. The van der Waals surface area contributed by atoms with Crippen LogP contribution in [-0.2, 0) is 4.79 Å².